The lowest BCUT2D eigenvalue weighted by atomic mass is 9.65. The van der Waals surface area contributed by atoms with Crippen molar-refractivity contribution in [2.75, 3.05) is 51.0 Å². The molecule has 0 atom stereocenters. The molecule has 210 valence electrons. The molecule has 1 saturated carbocycles. The molecule has 1 saturated heterocycles. The Morgan fingerprint density at radius 2 is 2.03 bits per heavy atom. The molecule has 1 aliphatic carbocycles. The van der Waals surface area contributed by atoms with Crippen LogP contribution in [-0.2, 0) is 12.8 Å². The number of nitrogens with zero attached hydrogens (tertiary/aromatic N) is 4. The van der Waals surface area contributed by atoms with Gasteiger partial charge in [0.05, 0.1) is 11.8 Å². The van der Waals surface area contributed by atoms with Gasteiger partial charge in [0, 0.05) is 42.3 Å². The number of benzene rings is 1. The first kappa shape index (κ1) is 27.6. The number of aryl methyl sites for hydroxylation is 1. The van der Waals surface area contributed by atoms with E-state index in [9.17, 15) is 18.0 Å². The van der Waals surface area contributed by atoms with Gasteiger partial charge in [0.2, 0.25) is 0 Å². The number of thiophene rings is 1. The number of amides is 1. The molecule has 1 aliphatic heterocycles. The summed E-state index contributed by atoms with van der Waals surface area (Å²) in [6.45, 7) is 2.63. The number of hydrogen-bond acceptors (Lipinski definition) is 7. The fourth-order valence-corrected chi connectivity index (χ4v) is 7.06. The standard InChI is InChI=1S/C28H35F3N6OS/c1-32-25(38)22-7-6-19(11-18(22)5-4-9-36(2)3)35-20-13-27(14-20)8-10-37(16-27)24-23-12-21(15-28(29,30)31)39-26(23)34-17-33-24/h6-7,11-12,17,20,35H,4-5,8-10,13-16H2,1-3H3,(H,32,38). The van der Waals surface area contributed by atoms with E-state index in [1.807, 2.05) is 26.2 Å². The number of carbonyl (C=O) groups is 1. The topological polar surface area (TPSA) is 73.4 Å². The van der Waals surface area contributed by atoms with Crippen molar-refractivity contribution in [1.82, 2.24) is 20.2 Å². The molecule has 2 N–H and O–H groups in total. The summed E-state index contributed by atoms with van der Waals surface area (Å²) in [5.74, 6) is 0.676. The molecule has 3 aromatic rings. The molecule has 1 spiro atoms. The van der Waals surface area contributed by atoms with Gasteiger partial charge in [-0.1, -0.05) is 0 Å². The first-order valence-electron chi connectivity index (χ1n) is 13.4. The Hall–Kier alpha value is -2.92. The number of anilines is 2. The average Bonchev–Trinajstić information content (AvgIpc) is 3.46. The Labute approximate surface area is 230 Å². The summed E-state index contributed by atoms with van der Waals surface area (Å²) in [5, 5.41) is 7.13. The Morgan fingerprint density at radius 3 is 2.74 bits per heavy atom. The Morgan fingerprint density at radius 1 is 1.23 bits per heavy atom. The van der Waals surface area contributed by atoms with Gasteiger partial charge in [-0.15, -0.1) is 11.3 Å². The van der Waals surface area contributed by atoms with Gasteiger partial charge >= 0.3 is 6.18 Å². The molecule has 5 rings (SSSR count). The van der Waals surface area contributed by atoms with Crippen molar-refractivity contribution < 1.29 is 18.0 Å². The van der Waals surface area contributed by atoms with Crippen molar-refractivity contribution in [3.63, 3.8) is 0 Å². The number of halogens is 3. The van der Waals surface area contributed by atoms with E-state index in [1.165, 1.54) is 6.33 Å². The van der Waals surface area contributed by atoms with E-state index in [0.29, 0.717) is 16.3 Å². The third-order valence-corrected chi connectivity index (χ3v) is 8.87. The zero-order chi connectivity index (χ0) is 27.8. The number of nitrogens with one attached hydrogen (secondary N) is 2. The molecule has 0 radical (unpaired) electrons. The van der Waals surface area contributed by atoms with E-state index >= 15 is 0 Å². The Bertz CT molecular complexity index is 1330. The van der Waals surface area contributed by atoms with Crippen LogP contribution in [0.25, 0.3) is 10.2 Å². The van der Waals surface area contributed by atoms with Gasteiger partial charge in [-0.25, -0.2) is 9.97 Å². The van der Waals surface area contributed by atoms with Crippen LogP contribution in [-0.4, -0.2) is 73.8 Å². The molecule has 0 unspecified atom stereocenters. The highest BCUT2D eigenvalue weighted by atomic mass is 32.1. The van der Waals surface area contributed by atoms with Crippen molar-refractivity contribution in [2.45, 2.75) is 50.7 Å². The van der Waals surface area contributed by atoms with Crippen LogP contribution >= 0.6 is 11.3 Å². The van der Waals surface area contributed by atoms with Crippen molar-refractivity contribution >= 4 is 39.0 Å². The molecule has 2 fully saturated rings. The van der Waals surface area contributed by atoms with Crippen molar-refractivity contribution in [2.24, 2.45) is 5.41 Å². The second-order valence-corrected chi connectivity index (χ2v) is 12.3. The first-order chi connectivity index (χ1) is 18.5. The molecular weight excluding hydrogens is 525 g/mol. The maximum Gasteiger partial charge on any atom is 0.393 e. The lowest BCUT2D eigenvalue weighted by Crippen LogP contribution is -2.46. The van der Waals surface area contributed by atoms with E-state index in [0.717, 1.165) is 85.7 Å². The number of alkyl halides is 3. The van der Waals surface area contributed by atoms with Crippen LogP contribution in [0.5, 0.6) is 0 Å². The van der Waals surface area contributed by atoms with E-state index < -0.39 is 12.6 Å². The summed E-state index contributed by atoms with van der Waals surface area (Å²) in [6.07, 6.45) is 1.16. The maximum atomic E-state index is 12.9. The summed E-state index contributed by atoms with van der Waals surface area (Å²) in [6, 6.07) is 7.96. The summed E-state index contributed by atoms with van der Waals surface area (Å²) >= 11 is 1.09. The van der Waals surface area contributed by atoms with Crippen LogP contribution in [0, 0.1) is 5.41 Å². The number of carbonyl (C=O) groups excluding carboxylic acids is 1. The van der Waals surface area contributed by atoms with E-state index in [1.54, 1.807) is 13.1 Å². The average molecular weight is 561 g/mol. The van der Waals surface area contributed by atoms with E-state index in [2.05, 4.69) is 36.5 Å². The largest absolute Gasteiger partial charge is 0.393 e. The highest BCUT2D eigenvalue weighted by molar-refractivity contribution is 7.18. The van der Waals surface area contributed by atoms with Gasteiger partial charge in [-0.3, -0.25) is 4.79 Å². The van der Waals surface area contributed by atoms with Crippen LogP contribution in [0.3, 0.4) is 0 Å². The third kappa shape index (κ3) is 6.30. The van der Waals surface area contributed by atoms with Crippen molar-refractivity contribution in [3.8, 4) is 0 Å². The second-order valence-electron chi connectivity index (χ2n) is 11.2. The SMILES string of the molecule is CNC(=O)c1ccc(NC2CC3(CCN(c4ncnc5sc(CC(F)(F)F)cc45)C3)C2)cc1CCCN(C)C. The highest BCUT2D eigenvalue weighted by Gasteiger charge is 2.49. The van der Waals surface area contributed by atoms with Crippen LogP contribution in [0.1, 0.15) is 46.5 Å². The quantitative estimate of drug-likeness (QED) is 0.379. The van der Waals surface area contributed by atoms with Gasteiger partial charge in [-0.05, 0) is 88.0 Å². The van der Waals surface area contributed by atoms with Gasteiger partial charge in [0.25, 0.3) is 5.91 Å². The van der Waals surface area contributed by atoms with Gasteiger partial charge < -0.3 is 20.4 Å². The van der Waals surface area contributed by atoms with Gasteiger partial charge in [0.1, 0.15) is 17.0 Å². The lowest BCUT2D eigenvalue weighted by Gasteiger charge is -2.46. The van der Waals surface area contributed by atoms with Crippen molar-refractivity contribution in [1.29, 1.82) is 0 Å². The molecule has 7 nitrogen and oxygen atoms in total. The second kappa shape index (κ2) is 10.9. The minimum Gasteiger partial charge on any atom is -0.382 e. The predicted molar refractivity (Wildman–Crippen MR) is 150 cm³/mol. The van der Waals surface area contributed by atoms with E-state index in [-0.39, 0.29) is 16.2 Å². The molecule has 11 heteroatoms. The first-order valence-corrected chi connectivity index (χ1v) is 14.2. The summed E-state index contributed by atoms with van der Waals surface area (Å²) < 4.78 is 38.8. The number of fused-ring (bicyclic) bond motifs is 1. The number of rotatable bonds is 9. The van der Waals surface area contributed by atoms with Crippen LogP contribution < -0.4 is 15.5 Å². The zero-order valence-corrected chi connectivity index (χ0v) is 23.4. The zero-order valence-electron chi connectivity index (χ0n) is 22.6. The third-order valence-electron chi connectivity index (χ3n) is 7.83. The van der Waals surface area contributed by atoms with Crippen molar-refractivity contribution in [3.05, 3.63) is 46.6 Å². The van der Waals surface area contributed by atoms with Gasteiger partial charge in [-0.2, -0.15) is 13.2 Å². The summed E-state index contributed by atoms with van der Waals surface area (Å²) in [4.78, 5) is 26.3. The Balaban J connectivity index is 1.23. The number of aromatic nitrogens is 2. The van der Waals surface area contributed by atoms with Crippen LogP contribution in [0.15, 0.2) is 30.6 Å². The van der Waals surface area contributed by atoms with Crippen LogP contribution in [0.2, 0.25) is 0 Å². The molecule has 1 amide bonds. The Kier molecular flexibility index (Phi) is 7.74. The monoisotopic (exact) mass is 560 g/mol. The predicted octanol–water partition coefficient (Wildman–Crippen LogP) is 5.12. The molecule has 3 heterocycles. The highest BCUT2D eigenvalue weighted by Crippen LogP contribution is 2.50. The number of hydrogen-bond donors (Lipinski definition) is 2. The molecule has 39 heavy (non-hydrogen) atoms. The fraction of sp³-hybridized carbons (Fsp3) is 0.536. The minimum atomic E-state index is -4.24. The lowest BCUT2D eigenvalue weighted by molar-refractivity contribution is -0.126. The normalized spacial score (nSPS) is 21.1. The van der Waals surface area contributed by atoms with Gasteiger partial charge in [0.15, 0.2) is 0 Å². The minimum absolute atomic E-state index is 0.0648. The maximum absolute atomic E-state index is 12.9. The molecule has 2 aromatic heterocycles. The van der Waals surface area contributed by atoms with Crippen LogP contribution in [0.4, 0.5) is 24.7 Å². The molecular formula is C28H35F3N6OS. The summed E-state index contributed by atoms with van der Waals surface area (Å²) in [5.41, 5.74) is 2.98. The fourth-order valence-electron chi connectivity index (χ4n) is 6.03. The molecule has 1 aromatic carbocycles. The van der Waals surface area contributed by atoms with E-state index in [4.69, 9.17) is 0 Å². The molecule has 2 aliphatic rings. The molecule has 0 bridgehead atoms. The smallest absolute Gasteiger partial charge is 0.382 e. The summed E-state index contributed by atoms with van der Waals surface area (Å²) in [7, 11) is 5.75.